The van der Waals surface area contributed by atoms with Gasteiger partial charge in [0, 0.05) is 13.5 Å². The Hall–Kier alpha value is -1.62. The zero-order valence-electron chi connectivity index (χ0n) is 11.9. The van der Waals surface area contributed by atoms with E-state index in [2.05, 4.69) is 35.3 Å². The Kier molecular flexibility index (Phi) is 4.74. The van der Waals surface area contributed by atoms with Crippen molar-refractivity contribution in [3.05, 3.63) is 23.8 Å². The van der Waals surface area contributed by atoms with E-state index in [0.717, 1.165) is 55.4 Å². The Labute approximate surface area is 114 Å². The Morgan fingerprint density at radius 1 is 1.37 bits per heavy atom. The fraction of sp³-hybridized carbons (Fsp3) is 0.571. The molecule has 0 aliphatic heterocycles. The lowest BCUT2D eigenvalue weighted by atomic mass is 10.3. The smallest absolute Gasteiger partial charge is 0.195 e. The maximum absolute atomic E-state index is 5.79. The van der Waals surface area contributed by atoms with Gasteiger partial charge in [-0.25, -0.2) is 4.98 Å². The van der Waals surface area contributed by atoms with E-state index < -0.39 is 0 Å². The average Bonchev–Trinajstić information content (AvgIpc) is 3.01. The number of aryl methyl sites for hydroxylation is 3. The molecule has 0 bridgehead atoms. The highest BCUT2D eigenvalue weighted by Gasteiger charge is 2.11. The molecule has 0 aliphatic rings. The molecule has 0 fully saturated rings. The summed E-state index contributed by atoms with van der Waals surface area (Å²) in [5, 5.41) is 7.71. The minimum absolute atomic E-state index is 0.798. The van der Waals surface area contributed by atoms with Crippen LogP contribution in [0.25, 0.3) is 11.5 Å². The minimum Gasteiger partial charge on any atom is -0.439 e. The molecule has 2 aromatic heterocycles. The zero-order valence-corrected chi connectivity index (χ0v) is 11.9. The number of hydrogen-bond donors (Lipinski definition) is 1. The summed E-state index contributed by atoms with van der Waals surface area (Å²) in [7, 11) is 1.93. The maximum atomic E-state index is 5.79. The molecular weight excluding hydrogens is 240 g/mol. The van der Waals surface area contributed by atoms with Crippen molar-refractivity contribution in [2.24, 2.45) is 7.05 Å². The van der Waals surface area contributed by atoms with Crippen molar-refractivity contribution in [1.29, 1.82) is 0 Å². The van der Waals surface area contributed by atoms with E-state index in [9.17, 15) is 0 Å². The number of nitrogens with zero attached hydrogens (tertiary/aromatic N) is 3. The van der Waals surface area contributed by atoms with Gasteiger partial charge in [0.1, 0.15) is 5.69 Å². The van der Waals surface area contributed by atoms with Gasteiger partial charge < -0.3 is 9.73 Å². The summed E-state index contributed by atoms with van der Waals surface area (Å²) < 4.78 is 7.64. The number of hydrogen-bond acceptors (Lipinski definition) is 4. The van der Waals surface area contributed by atoms with Crippen LogP contribution in [-0.2, 0) is 19.9 Å². The molecule has 0 aliphatic carbocycles. The molecule has 0 saturated heterocycles. The second-order valence-corrected chi connectivity index (χ2v) is 4.57. The number of rotatable bonds is 7. The highest BCUT2D eigenvalue weighted by molar-refractivity contribution is 5.51. The second-order valence-electron chi connectivity index (χ2n) is 4.57. The van der Waals surface area contributed by atoms with Crippen molar-refractivity contribution in [3.8, 4) is 11.5 Å². The summed E-state index contributed by atoms with van der Waals surface area (Å²) in [5.41, 5.74) is 2.06. The van der Waals surface area contributed by atoms with E-state index in [1.54, 1.807) is 6.20 Å². The summed E-state index contributed by atoms with van der Waals surface area (Å²) in [4.78, 5) is 4.33. The summed E-state index contributed by atoms with van der Waals surface area (Å²) >= 11 is 0. The fourth-order valence-electron chi connectivity index (χ4n) is 2.02. The lowest BCUT2D eigenvalue weighted by molar-refractivity contribution is 0.489. The van der Waals surface area contributed by atoms with Crippen molar-refractivity contribution in [3.63, 3.8) is 0 Å². The molecule has 0 unspecified atom stereocenters. The average molecular weight is 262 g/mol. The number of nitrogens with one attached hydrogen (secondary N) is 1. The largest absolute Gasteiger partial charge is 0.439 e. The Morgan fingerprint density at radius 3 is 2.89 bits per heavy atom. The van der Waals surface area contributed by atoms with Crippen LogP contribution >= 0.6 is 0 Å². The molecule has 0 atom stereocenters. The molecule has 0 spiro atoms. The molecular formula is C14H22N4O. The molecule has 2 heterocycles. The van der Waals surface area contributed by atoms with E-state index >= 15 is 0 Å². The fourth-order valence-corrected chi connectivity index (χ4v) is 2.02. The first-order chi connectivity index (χ1) is 9.24. The van der Waals surface area contributed by atoms with Gasteiger partial charge in [0.15, 0.2) is 11.7 Å². The van der Waals surface area contributed by atoms with Gasteiger partial charge in [0.25, 0.3) is 0 Å². The summed E-state index contributed by atoms with van der Waals surface area (Å²) in [6.45, 7) is 6.21. The molecule has 2 aromatic rings. The third-order valence-electron chi connectivity index (χ3n) is 3.09. The minimum atomic E-state index is 0.798. The van der Waals surface area contributed by atoms with Crippen molar-refractivity contribution < 1.29 is 4.42 Å². The Morgan fingerprint density at radius 2 is 2.21 bits per heavy atom. The molecule has 104 valence electrons. The zero-order chi connectivity index (χ0) is 13.7. The first kappa shape index (κ1) is 13.8. The van der Waals surface area contributed by atoms with Crippen LogP contribution in [0.2, 0.25) is 0 Å². The van der Waals surface area contributed by atoms with Crippen molar-refractivity contribution >= 4 is 0 Å². The first-order valence-corrected chi connectivity index (χ1v) is 6.93. The van der Waals surface area contributed by atoms with Crippen LogP contribution in [0.15, 0.2) is 16.7 Å². The monoisotopic (exact) mass is 262 g/mol. The molecule has 0 amide bonds. The lowest BCUT2D eigenvalue weighted by Crippen LogP contribution is -2.14. The SMILES string of the molecule is CCNCCCc1ncc(-c2cc(CC)nn2C)o1. The van der Waals surface area contributed by atoms with E-state index in [-0.39, 0.29) is 0 Å². The van der Waals surface area contributed by atoms with Gasteiger partial charge in [0.2, 0.25) is 0 Å². The molecule has 0 aromatic carbocycles. The highest BCUT2D eigenvalue weighted by Crippen LogP contribution is 2.21. The molecule has 0 radical (unpaired) electrons. The van der Waals surface area contributed by atoms with Crippen LogP contribution in [0.1, 0.15) is 31.9 Å². The van der Waals surface area contributed by atoms with E-state index in [0.29, 0.717) is 0 Å². The first-order valence-electron chi connectivity index (χ1n) is 6.93. The van der Waals surface area contributed by atoms with Crippen LogP contribution in [0.5, 0.6) is 0 Å². The molecule has 2 rings (SSSR count). The summed E-state index contributed by atoms with van der Waals surface area (Å²) in [6.07, 6.45) is 4.63. The third-order valence-corrected chi connectivity index (χ3v) is 3.09. The van der Waals surface area contributed by atoms with Crippen molar-refractivity contribution in [2.75, 3.05) is 13.1 Å². The van der Waals surface area contributed by atoms with Gasteiger partial charge >= 0.3 is 0 Å². The molecule has 0 saturated carbocycles. The van der Waals surface area contributed by atoms with Crippen LogP contribution in [0, 0.1) is 0 Å². The van der Waals surface area contributed by atoms with Crippen LogP contribution < -0.4 is 5.32 Å². The molecule has 19 heavy (non-hydrogen) atoms. The van der Waals surface area contributed by atoms with E-state index in [1.807, 2.05) is 11.7 Å². The molecule has 5 heteroatoms. The van der Waals surface area contributed by atoms with Crippen LogP contribution in [-0.4, -0.2) is 27.9 Å². The standard InChI is InChI=1S/C14H22N4O/c1-4-11-9-12(18(3)17-11)13-10-16-14(19-13)7-6-8-15-5-2/h9-10,15H,4-8H2,1-3H3. The van der Waals surface area contributed by atoms with Gasteiger partial charge in [-0.1, -0.05) is 13.8 Å². The topological polar surface area (TPSA) is 55.9 Å². The Bertz CT molecular complexity index is 515. The Balaban J connectivity index is 2.01. The van der Waals surface area contributed by atoms with Gasteiger partial charge in [0.05, 0.1) is 11.9 Å². The molecule has 1 N–H and O–H groups in total. The quantitative estimate of drug-likeness (QED) is 0.777. The highest BCUT2D eigenvalue weighted by atomic mass is 16.4. The van der Waals surface area contributed by atoms with Crippen LogP contribution in [0.4, 0.5) is 0 Å². The number of oxazole rings is 1. The molecule has 5 nitrogen and oxygen atoms in total. The van der Waals surface area contributed by atoms with E-state index in [4.69, 9.17) is 4.42 Å². The number of aromatic nitrogens is 3. The van der Waals surface area contributed by atoms with E-state index in [1.165, 1.54) is 0 Å². The predicted octanol–water partition coefficient (Wildman–Crippen LogP) is 2.18. The van der Waals surface area contributed by atoms with Gasteiger partial charge in [-0.3, -0.25) is 4.68 Å². The van der Waals surface area contributed by atoms with Gasteiger partial charge in [-0.05, 0) is 32.0 Å². The van der Waals surface area contributed by atoms with Crippen molar-refractivity contribution in [2.45, 2.75) is 33.1 Å². The van der Waals surface area contributed by atoms with Gasteiger partial charge in [-0.15, -0.1) is 0 Å². The van der Waals surface area contributed by atoms with Crippen molar-refractivity contribution in [1.82, 2.24) is 20.1 Å². The third kappa shape index (κ3) is 3.44. The van der Waals surface area contributed by atoms with Gasteiger partial charge in [-0.2, -0.15) is 5.10 Å². The van der Waals surface area contributed by atoms with Crippen LogP contribution in [0.3, 0.4) is 0 Å². The lowest BCUT2D eigenvalue weighted by Gasteiger charge is -1.98. The maximum Gasteiger partial charge on any atom is 0.195 e. The normalized spacial score (nSPS) is 11.1. The summed E-state index contributed by atoms with van der Waals surface area (Å²) in [6, 6.07) is 2.06. The predicted molar refractivity (Wildman–Crippen MR) is 74.9 cm³/mol. The summed E-state index contributed by atoms with van der Waals surface area (Å²) in [5.74, 6) is 1.60. The second kappa shape index (κ2) is 6.52.